The fraction of sp³-hybridized carbons (Fsp3) is 0.464. The maximum absolute atomic E-state index is 11.6. The maximum atomic E-state index is 11.6. The number of esters is 1. The summed E-state index contributed by atoms with van der Waals surface area (Å²) < 4.78 is 12.0. The standard InChI is InChI=1S/C28H40O3Si/c1-7-30-27(29)21-23(2)15-14-16-24(3)22-31-32(28(4,5)6,25-17-10-8-11-18-25)26-19-12-9-13-20-26/h8-13,17-21,24H,7,14-16,22H2,1-6H3/b23-21-. The van der Waals surface area contributed by atoms with E-state index in [9.17, 15) is 4.79 Å². The van der Waals surface area contributed by atoms with Crippen molar-refractivity contribution in [3.8, 4) is 0 Å². The summed E-state index contributed by atoms with van der Waals surface area (Å²) in [6, 6.07) is 21.6. The fourth-order valence-electron chi connectivity index (χ4n) is 4.30. The molecule has 2 aromatic carbocycles. The molecule has 3 nitrogen and oxygen atoms in total. The molecule has 32 heavy (non-hydrogen) atoms. The van der Waals surface area contributed by atoms with Gasteiger partial charge in [-0.1, -0.05) is 93.9 Å². The Balaban J connectivity index is 2.13. The third-order valence-electron chi connectivity index (χ3n) is 5.92. The Morgan fingerprint density at radius 3 is 2.00 bits per heavy atom. The van der Waals surface area contributed by atoms with Crippen LogP contribution in [0.25, 0.3) is 0 Å². The van der Waals surface area contributed by atoms with Crippen molar-refractivity contribution in [1.82, 2.24) is 0 Å². The van der Waals surface area contributed by atoms with E-state index in [2.05, 4.69) is 88.4 Å². The van der Waals surface area contributed by atoms with E-state index in [1.807, 2.05) is 13.8 Å². The Hall–Kier alpha value is -2.17. The molecule has 0 fully saturated rings. The molecule has 0 N–H and O–H groups in total. The Kier molecular flexibility index (Phi) is 9.92. The molecule has 0 amide bonds. The first-order valence-corrected chi connectivity index (χ1v) is 13.7. The molecule has 0 saturated heterocycles. The van der Waals surface area contributed by atoms with Gasteiger partial charge in [-0.2, -0.15) is 0 Å². The van der Waals surface area contributed by atoms with Crippen LogP contribution in [-0.2, 0) is 14.0 Å². The molecule has 0 aromatic heterocycles. The van der Waals surface area contributed by atoms with Crippen molar-refractivity contribution in [3.05, 3.63) is 72.3 Å². The average Bonchev–Trinajstić information content (AvgIpc) is 2.75. The number of benzene rings is 2. The molecule has 0 radical (unpaired) electrons. The van der Waals surface area contributed by atoms with Gasteiger partial charge in [0.15, 0.2) is 0 Å². The minimum atomic E-state index is -2.48. The predicted molar refractivity (Wildman–Crippen MR) is 137 cm³/mol. The van der Waals surface area contributed by atoms with Crippen molar-refractivity contribution in [2.45, 2.75) is 65.8 Å². The summed E-state index contributed by atoms with van der Waals surface area (Å²) in [5.74, 6) is 0.195. The number of allylic oxidation sites excluding steroid dienone is 1. The number of hydrogen-bond donors (Lipinski definition) is 0. The van der Waals surface area contributed by atoms with Crippen LogP contribution in [-0.4, -0.2) is 27.5 Å². The van der Waals surface area contributed by atoms with Gasteiger partial charge in [0.1, 0.15) is 0 Å². The molecule has 2 aromatic rings. The molecule has 0 aliphatic rings. The number of rotatable bonds is 11. The van der Waals surface area contributed by atoms with Crippen molar-refractivity contribution in [3.63, 3.8) is 0 Å². The van der Waals surface area contributed by atoms with E-state index in [0.717, 1.165) is 31.4 Å². The average molecular weight is 453 g/mol. The molecule has 4 heteroatoms. The first-order chi connectivity index (χ1) is 15.2. The van der Waals surface area contributed by atoms with Gasteiger partial charge < -0.3 is 9.16 Å². The SMILES string of the molecule is CCOC(=O)/C=C(/C)CCCC(C)CO[Si](c1ccccc1)(c1ccccc1)C(C)(C)C. The molecule has 0 heterocycles. The Labute approximate surface area is 196 Å². The van der Waals surface area contributed by atoms with Crippen LogP contribution in [0.5, 0.6) is 0 Å². The number of carbonyl (C=O) groups is 1. The van der Waals surface area contributed by atoms with Crippen LogP contribution in [0.15, 0.2) is 72.3 Å². The van der Waals surface area contributed by atoms with Crippen LogP contribution in [0.4, 0.5) is 0 Å². The van der Waals surface area contributed by atoms with Crippen molar-refractivity contribution < 1.29 is 14.0 Å². The Morgan fingerprint density at radius 1 is 1.00 bits per heavy atom. The summed E-state index contributed by atoms with van der Waals surface area (Å²) in [5, 5.41) is 2.63. The third kappa shape index (κ3) is 6.91. The quantitative estimate of drug-likeness (QED) is 0.243. The second-order valence-electron chi connectivity index (χ2n) is 9.71. The van der Waals surface area contributed by atoms with Crippen molar-refractivity contribution in [2.24, 2.45) is 5.92 Å². The van der Waals surface area contributed by atoms with E-state index in [4.69, 9.17) is 9.16 Å². The van der Waals surface area contributed by atoms with Crippen molar-refractivity contribution >= 4 is 24.7 Å². The zero-order valence-electron chi connectivity index (χ0n) is 20.7. The van der Waals surface area contributed by atoms with E-state index >= 15 is 0 Å². The largest absolute Gasteiger partial charge is 0.463 e. The van der Waals surface area contributed by atoms with Gasteiger partial charge in [0.25, 0.3) is 8.32 Å². The minimum absolute atomic E-state index is 0.00556. The lowest BCUT2D eigenvalue weighted by Gasteiger charge is -2.43. The molecule has 0 bridgehead atoms. The van der Waals surface area contributed by atoms with Gasteiger partial charge in [0, 0.05) is 12.7 Å². The lowest BCUT2D eigenvalue weighted by Crippen LogP contribution is -2.66. The Bertz CT molecular complexity index is 814. The van der Waals surface area contributed by atoms with E-state index in [-0.39, 0.29) is 11.0 Å². The van der Waals surface area contributed by atoms with Crippen molar-refractivity contribution in [1.29, 1.82) is 0 Å². The van der Waals surface area contributed by atoms with Crippen molar-refractivity contribution in [2.75, 3.05) is 13.2 Å². The smallest absolute Gasteiger partial charge is 0.330 e. The highest BCUT2D eigenvalue weighted by molar-refractivity contribution is 6.99. The summed E-state index contributed by atoms with van der Waals surface area (Å²) >= 11 is 0. The highest BCUT2D eigenvalue weighted by Gasteiger charge is 2.50. The topological polar surface area (TPSA) is 35.5 Å². The van der Waals surface area contributed by atoms with Gasteiger partial charge in [-0.15, -0.1) is 0 Å². The summed E-state index contributed by atoms with van der Waals surface area (Å²) in [6.07, 6.45) is 4.62. The van der Waals surface area contributed by atoms with E-state index in [1.165, 1.54) is 10.4 Å². The lowest BCUT2D eigenvalue weighted by molar-refractivity contribution is -0.137. The zero-order valence-corrected chi connectivity index (χ0v) is 21.7. The molecule has 0 saturated carbocycles. The second kappa shape index (κ2) is 12.2. The van der Waals surface area contributed by atoms with Crippen LogP contribution < -0.4 is 10.4 Å². The molecular formula is C28H40O3Si. The monoisotopic (exact) mass is 452 g/mol. The molecule has 0 spiro atoms. The van der Waals surface area contributed by atoms with Gasteiger partial charge in [0.05, 0.1) is 6.61 Å². The van der Waals surface area contributed by atoms with Crippen LogP contribution in [0.3, 0.4) is 0 Å². The first-order valence-electron chi connectivity index (χ1n) is 11.8. The van der Waals surface area contributed by atoms with Gasteiger partial charge >= 0.3 is 5.97 Å². The summed E-state index contributed by atoms with van der Waals surface area (Å²) in [7, 11) is -2.48. The minimum Gasteiger partial charge on any atom is -0.463 e. The zero-order chi connectivity index (χ0) is 23.6. The molecule has 2 rings (SSSR count). The number of ether oxygens (including phenoxy) is 1. The Morgan fingerprint density at radius 2 is 1.53 bits per heavy atom. The molecule has 0 aliphatic heterocycles. The molecule has 1 atom stereocenters. The number of carbonyl (C=O) groups excluding carboxylic acids is 1. The van der Waals surface area contributed by atoms with Crippen LogP contribution in [0, 0.1) is 5.92 Å². The summed E-state index contributed by atoms with van der Waals surface area (Å²) in [5.41, 5.74) is 1.07. The van der Waals surface area contributed by atoms with Crippen LogP contribution >= 0.6 is 0 Å². The lowest BCUT2D eigenvalue weighted by atomic mass is 10.0. The van der Waals surface area contributed by atoms with Gasteiger partial charge in [0.2, 0.25) is 0 Å². The van der Waals surface area contributed by atoms with Crippen LogP contribution in [0.2, 0.25) is 5.04 Å². The van der Waals surface area contributed by atoms with E-state index in [0.29, 0.717) is 12.5 Å². The van der Waals surface area contributed by atoms with E-state index < -0.39 is 8.32 Å². The molecular weight excluding hydrogens is 412 g/mol. The molecule has 1 unspecified atom stereocenters. The molecule has 0 aliphatic carbocycles. The van der Waals surface area contributed by atoms with Crippen LogP contribution in [0.1, 0.15) is 60.8 Å². The number of hydrogen-bond acceptors (Lipinski definition) is 3. The van der Waals surface area contributed by atoms with Gasteiger partial charge in [-0.25, -0.2) is 4.79 Å². The van der Waals surface area contributed by atoms with Gasteiger partial charge in [-0.05, 0) is 54.4 Å². The predicted octanol–water partition coefficient (Wildman–Crippen LogP) is 5.88. The maximum Gasteiger partial charge on any atom is 0.330 e. The summed E-state index contributed by atoms with van der Waals surface area (Å²) in [6.45, 7) is 14.2. The highest BCUT2D eigenvalue weighted by atomic mass is 28.4. The fourth-order valence-corrected chi connectivity index (χ4v) is 8.99. The molecule has 174 valence electrons. The normalized spacial score (nSPS) is 13.6. The first kappa shape index (κ1) is 26.1. The second-order valence-corrected chi connectivity index (χ2v) is 14.0. The summed E-state index contributed by atoms with van der Waals surface area (Å²) in [4.78, 5) is 11.6. The highest BCUT2D eigenvalue weighted by Crippen LogP contribution is 2.37. The van der Waals surface area contributed by atoms with Gasteiger partial charge in [-0.3, -0.25) is 0 Å². The third-order valence-corrected chi connectivity index (χ3v) is 10.9. The van der Waals surface area contributed by atoms with E-state index in [1.54, 1.807) is 6.08 Å².